The highest BCUT2D eigenvalue weighted by molar-refractivity contribution is 5.82. The van der Waals surface area contributed by atoms with E-state index < -0.39 is 18.1 Å². The van der Waals surface area contributed by atoms with Crippen LogP contribution in [-0.2, 0) is 14.3 Å². The number of hydrogen-bond acceptors (Lipinski definition) is 4. The van der Waals surface area contributed by atoms with E-state index in [4.69, 9.17) is 4.74 Å². The number of ether oxygens (including phenoxy) is 1. The van der Waals surface area contributed by atoms with Gasteiger partial charge < -0.3 is 14.6 Å². The van der Waals surface area contributed by atoms with Crippen LogP contribution in [0.1, 0.15) is 73.7 Å². The van der Waals surface area contributed by atoms with Gasteiger partial charge in [-0.25, -0.2) is 0 Å². The van der Waals surface area contributed by atoms with E-state index >= 15 is 0 Å². The summed E-state index contributed by atoms with van der Waals surface area (Å²) in [5.41, 5.74) is 5.39. The highest BCUT2D eigenvalue weighted by Crippen LogP contribution is 2.45. The minimum Gasteiger partial charge on any atom is -0.469 e. The maximum atomic E-state index is 13.5. The van der Waals surface area contributed by atoms with Crippen LogP contribution in [-0.4, -0.2) is 23.6 Å². The molecule has 4 rings (SSSR count). The smallest absolute Gasteiger partial charge is 0.307 e. The number of aryl methyl sites for hydroxylation is 1. The topological polar surface area (TPSA) is 77.4 Å². The quantitative estimate of drug-likeness (QED) is 0.386. The zero-order chi connectivity index (χ0) is 25.7. The van der Waals surface area contributed by atoms with Crippen molar-refractivity contribution in [1.82, 2.24) is 9.88 Å². The Kier molecular flexibility index (Phi) is 8.04. The summed E-state index contributed by atoms with van der Waals surface area (Å²) in [5, 5.41) is 3.07. The summed E-state index contributed by atoms with van der Waals surface area (Å²) < 4.78 is 6.42. The first-order valence-electron chi connectivity index (χ1n) is 12.7. The molecule has 1 aliphatic rings. The Morgan fingerprint density at radius 2 is 1.81 bits per heavy atom. The maximum Gasteiger partial charge on any atom is 0.307 e. The fourth-order valence-electron chi connectivity index (χ4n) is 4.79. The van der Waals surface area contributed by atoms with Gasteiger partial charge in [0.1, 0.15) is 6.04 Å². The van der Waals surface area contributed by atoms with Gasteiger partial charge in [-0.2, -0.15) is 0 Å². The molecule has 1 aliphatic carbocycles. The van der Waals surface area contributed by atoms with Crippen LogP contribution in [0.4, 0.5) is 0 Å². The lowest BCUT2D eigenvalue weighted by Gasteiger charge is -2.25. The van der Waals surface area contributed by atoms with Gasteiger partial charge in [-0.3, -0.25) is 14.4 Å². The highest BCUT2D eigenvalue weighted by atomic mass is 16.5. The number of amides is 1. The lowest BCUT2D eigenvalue weighted by atomic mass is 9.90. The van der Waals surface area contributed by atoms with Crippen molar-refractivity contribution in [2.24, 2.45) is 0 Å². The molecule has 0 saturated heterocycles. The van der Waals surface area contributed by atoms with E-state index in [2.05, 4.69) is 36.5 Å². The van der Waals surface area contributed by atoms with Crippen molar-refractivity contribution in [3.05, 3.63) is 93.9 Å². The Morgan fingerprint density at radius 3 is 2.47 bits per heavy atom. The number of aromatic nitrogens is 1. The number of nitrogens with one attached hydrogen (secondary N) is 1. The first-order valence-corrected chi connectivity index (χ1v) is 12.7. The van der Waals surface area contributed by atoms with Gasteiger partial charge in [-0.1, -0.05) is 55.8 Å². The van der Waals surface area contributed by atoms with E-state index in [1.807, 2.05) is 25.1 Å². The van der Waals surface area contributed by atoms with E-state index in [9.17, 15) is 14.4 Å². The molecule has 1 N–H and O–H groups in total. The Hall–Kier alpha value is -3.67. The Morgan fingerprint density at radius 1 is 1.06 bits per heavy atom. The third-order valence-electron chi connectivity index (χ3n) is 6.90. The Balaban J connectivity index is 1.72. The van der Waals surface area contributed by atoms with Gasteiger partial charge in [0.2, 0.25) is 5.91 Å². The summed E-state index contributed by atoms with van der Waals surface area (Å²) in [6, 6.07) is 18.1. The molecule has 1 aromatic heterocycles. The second-order valence-corrected chi connectivity index (χ2v) is 9.53. The number of carbonyl (C=O) groups excluding carboxylic acids is 2. The minimum atomic E-state index is -0.662. The second kappa shape index (κ2) is 11.4. The monoisotopic (exact) mass is 486 g/mol. The number of carbonyl (C=O) groups is 2. The molecule has 0 radical (unpaired) electrons. The van der Waals surface area contributed by atoms with Crippen molar-refractivity contribution < 1.29 is 14.3 Å². The molecule has 0 spiro atoms. The molecule has 2 aromatic carbocycles. The number of rotatable bonds is 10. The summed E-state index contributed by atoms with van der Waals surface area (Å²) in [6.07, 6.45) is 5.22. The van der Waals surface area contributed by atoms with Crippen LogP contribution >= 0.6 is 0 Å². The van der Waals surface area contributed by atoms with Crippen molar-refractivity contribution in [3.63, 3.8) is 0 Å². The predicted molar refractivity (Wildman–Crippen MR) is 141 cm³/mol. The summed E-state index contributed by atoms with van der Waals surface area (Å²) in [5.74, 6) is -0.156. The Bertz CT molecular complexity index is 1290. The predicted octanol–water partition coefficient (Wildman–Crippen LogP) is 5.46. The number of methoxy groups -OCH3 is 1. The highest BCUT2D eigenvalue weighted by Gasteiger charge is 2.29. The first kappa shape index (κ1) is 25.4. The van der Waals surface area contributed by atoms with Gasteiger partial charge in [-0.05, 0) is 72.1 Å². The summed E-state index contributed by atoms with van der Waals surface area (Å²) in [7, 11) is 1.35. The van der Waals surface area contributed by atoms with Crippen LogP contribution in [0.25, 0.3) is 11.1 Å². The number of nitrogens with zero attached hydrogens (tertiary/aromatic N) is 1. The average molecular weight is 487 g/mol. The van der Waals surface area contributed by atoms with E-state index in [1.165, 1.54) is 41.7 Å². The van der Waals surface area contributed by atoms with Gasteiger partial charge in [-0.15, -0.1) is 0 Å². The fraction of sp³-hybridized carbons (Fsp3) is 0.367. The third kappa shape index (κ3) is 5.76. The molecule has 2 unspecified atom stereocenters. The molecule has 0 aliphatic heterocycles. The van der Waals surface area contributed by atoms with Crippen LogP contribution < -0.4 is 10.9 Å². The molecule has 1 amide bonds. The van der Waals surface area contributed by atoms with Crippen LogP contribution in [0.15, 0.2) is 71.7 Å². The zero-order valence-corrected chi connectivity index (χ0v) is 21.2. The van der Waals surface area contributed by atoms with Crippen LogP contribution in [0.3, 0.4) is 0 Å². The molecular formula is C30H34N2O4. The average Bonchev–Trinajstić information content (AvgIpc) is 3.73. The summed E-state index contributed by atoms with van der Waals surface area (Å²) in [6.45, 7) is 4.07. The largest absolute Gasteiger partial charge is 0.469 e. The molecule has 36 heavy (non-hydrogen) atoms. The second-order valence-electron chi connectivity index (χ2n) is 9.53. The van der Waals surface area contributed by atoms with Crippen LogP contribution in [0, 0.1) is 6.92 Å². The third-order valence-corrected chi connectivity index (χ3v) is 6.90. The SMILES string of the molecule is CCCC(C(=O)NC(CC(=O)OC)c1ccc(C2CC2)c(-c2ccccc2C)c1)n1ccccc1=O. The van der Waals surface area contributed by atoms with Gasteiger partial charge in [0.25, 0.3) is 5.56 Å². The van der Waals surface area contributed by atoms with Gasteiger partial charge in [0.05, 0.1) is 19.6 Å². The molecule has 1 fully saturated rings. The number of benzene rings is 2. The molecule has 188 valence electrons. The number of hydrogen-bond donors (Lipinski definition) is 1. The van der Waals surface area contributed by atoms with Crippen molar-refractivity contribution in [3.8, 4) is 11.1 Å². The van der Waals surface area contributed by atoms with E-state index in [0.717, 1.165) is 23.1 Å². The van der Waals surface area contributed by atoms with Crippen LogP contribution in [0.5, 0.6) is 0 Å². The normalized spacial score (nSPS) is 14.6. The maximum absolute atomic E-state index is 13.5. The summed E-state index contributed by atoms with van der Waals surface area (Å²) >= 11 is 0. The van der Waals surface area contributed by atoms with Crippen molar-refractivity contribution in [1.29, 1.82) is 0 Å². The molecule has 6 heteroatoms. The molecule has 2 atom stereocenters. The van der Waals surface area contributed by atoms with E-state index in [1.54, 1.807) is 18.3 Å². The van der Waals surface area contributed by atoms with E-state index in [0.29, 0.717) is 12.3 Å². The lowest BCUT2D eigenvalue weighted by molar-refractivity contribution is -0.141. The van der Waals surface area contributed by atoms with Crippen LogP contribution in [0.2, 0.25) is 0 Å². The standard InChI is InChI=1S/C30H34N2O4/c1-4-9-27(32-17-8-7-12-28(32)33)30(35)31-26(19-29(34)36-3)22-15-16-24(21-13-14-21)25(18-22)23-11-6-5-10-20(23)2/h5-8,10-12,15-18,21,26-27H,4,9,13-14,19H2,1-3H3,(H,31,35). The van der Waals surface area contributed by atoms with Crippen molar-refractivity contribution in [2.45, 2.75) is 64.0 Å². The molecule has 1 heterocycles. The van der Waals surface area contributed by atoms with Gasteiger partial charge in [0.15, 0.2) is 0 Å². The Labute approximate surface area is 212 Å². The number of pyridine rings is 1. The van der Waals surface area contributed by atoms with E-state index in [-0.39, 0.29) is 17.9 Å². The van der Waals surface area contributed by atoms with Gasteiger partial charge >= 0.3 is 5.97 Å². The molecule has 1 saturated carbocycles. The first-order chi connectivity index (χ1) is 17.4. The molecule has 0 bridgehead atoms. The molecule has 3 aromatic rings. The van der Waals surface area contributed by atoms with Gasteiger partial charge in [0, 0.05) is 12.3 Å². The summed E-state index contributed by atoms with van der Waals surface area (Å²) in [4.78, 5) is 38.3. The zero-order valence-electron chi connectivity index (χ0n) is 21.2. The lowest BCUT2D eigenvalue weighted by Crippen LogP contribution is -2.39. The fourth-order valence-corrected chi connectivity index (χ4v) is 4.79. The molecular weight excluding hydrogens is 452 g/mol. The van der Waals surface area contributed by atoms with Crippen molar-refractivity contribution in [2.75, 3.05) is 7.11 Å². The number of esters is 1. The minimum absolute atomic E-state index is 0.000755. The molecule has 6 nitrogen and oxygen atoms in total. The van der Waals surface area contributed by atoms with Crippen molar-refractivity contribution >= 4 is 11.9 Å².